The molecule has 2 heterocycles. The van der Waals surface area contributed by atoms with Gasteiger partial charge < -0.3 is 15.0 Å². The van der Waals surface area contributed by atoms with Crippen molar-refractivity contribution in [1.29, 1.82) is 0 Å². The van der Waals surface area contributed by atoms with Crippen LogP contribution in [0.5, 0.6) is 0 Å². The molecule has 0 unspecified atom stereocenters. The Morgan fingerprint density at radius 2 is 2.09 bits per heavy atom. The number of ether oxygens (including phenoxy) is 1. The summed E-state index contributed by atoms with van der Waals surface area (Å²) in [5.41, 5.74) is 6.95. The van der Waals surface area contributed by atoms with Gasteiger partial charge in [0.05, 0.1) is 10.9 Å². The number of hydrogen-bond donors (Lipinski definition) is 1. The van der Waals surface area contributed by atoms with E-state index < -0.39 is 5.60 Å². The topological polar surface area (TPSA) is 83.0 Å². The van der Waals surface area contributed by atoms with Gasteiger partial charge in [-0.25, -0.2) is 9.97 Å². The van der Waals surface area contributed by atoms with Crippen molar-refractivity contribution in [3.05, 3.63) is 29.0 Å². The number of nitrogen functional groups attached to an aromatic ring is 1. The van der Waals surface area contributed by atoms with Crippen LogP contribution in [0.1, 0.15) is 20.8 Å². The highest BCUT2D eigenvalue weighted by Gasteiger charge is 2.21. The molecule has 23 heavy (non-hydrogen) atoms. The van der Waals surface area contributed by atoms with Gasteiger partial charge >= 0.3 is 5.97 Å². The predicted octanol–water partition coefficient (Wildman–Crippen LogP) is 3.27. The lowest BCUT2D eigenvalue weighted by Crippen LogP contribution is -2.26. The van der Waals surface area contributed by atoms with Gasteiger partial charge in [-0.3, -0.25) is 4.79 Å². The van der Waals surface area contributed by atoms with Gasteiger partial charge in [-0.05, 0) is 42.8 Å². The van der Waals surface area contributed by atoms with Gasteiger partial charge in [0.1, 0.15) is 29.9 Å². The molecule has 0 bridgehead atoms. The number of anilines is 1. The van der Waals surface area contributed by atoms with Crippen molar-refractivity contribution in [3.63, 3.8) is 0 Å². The number of halogens is 1. The SMILES string of the molecule is CC(C)(C)OC(=O)Cn1c2ncnc(N)c2c2cccc(Br)c21. The molecule has 7 heteroatoms. The fraction of sp³-hybridized carbons (Fsp3) is 0.312. The average molecular weight is 377 g/mol. The molecule has 0 amide bonds. The molecule has 2 aromatic heterocycles. The van der Waals surface area contributed by atoms with Crippen LogP contribution in [0.3, 0.4) is 0 Å². The number of nitrogens with zero attached hydrogens (tertiary/aromatic N) is 3. The van der Waals surface area contributed by atoms with Crippen molar-refractivity contribution in [1.82, 2.24) is 14.5 Å². The first-order valence-electron chi connectivity index (χ1n) is 7.16. The third-order valence-corrected chi connectivity index (χ3v) is 3.99. The molecule has 0 aliphatic rings. The first kappa shape index (κ1) is 15.7. The van der Waals surface area contributed by atoms with Crippen LogP contribution in [-0.4, -0.2) is 26.1 Å². The van der Waals surface area contributed by atoms with Crippen LogP contribution in [0.15, 0.2) is 29.0 Å². The molecule has 6 nitrogen and oxygen atoms in total. The van der Waals surface area contributed by atoms with E-state index in [0.717, 1.165) is 20.8 Å². The molecule has 3 aromatic rings. The van der Waals surface area contributed by atoms with E-state index in [9.17, 15) is 4.79 Å². The van der Waals surface area contributed by atoms with E-state index in [2.05, 4.69) is 25.9 Å². The minimum atomic E-state index is -0.541. The second kappa shape index (κ2) is 5.49. The molecule has 120 valence electrons. The molecule has 0 radical (unpaired) electrons. The Kier molecular flexibility index (Phi) is 3.75. The number of benzene rings is 1. The maximum absolute atomic E-state index is 12.3. The Balaban J connectivity index is 2.22. The zero-order chi connectivity index (χ0) is 16.8. The largest absolute Gasteiger partial charge is 0.459 e. The molecule has 2 N–H and O–H groups in total. The maximum Gasteiger partial charge on any atom is 0.326 e. The molecule has 0 aliphatic carbocycles. The van der Waals surface area contributed by atoms with E-state index >= 15 is 0 Å². The highest BCUT2D eigenvalue weighted by Crippen LogP contribution is 2.34. The number of rotatable bonds is 2. The van der Waals surface area contributed by atoms with E-state index in [-0.39, 0.29) is 12.5 Å². The number of hydrogen-bond acceptors (Lipinski definition) is 5. The molecule has 0 spiro atoms. The average Bonchev–Trinajstić information content (AvgIpc) is 2.74. The lowest BCUT2D eigenvalue weighted by Gasteiger charge is -2.20. The van der Waals surface area contributed by atoms with Crippen molar-refractivity contribution < 1.29 is 9.53 Å². The second-order valence-corrected chi connectivity index (χ2v) is 7.12. The molecular weight excluding hydrogens is 360 g/mol. The van der Waals surface area contributed by atoms with Crippen LogP contribution in [-0.2, 0) is 16.1 Å². The first-order chi connectivity index (χ1) is 10.8. The summed E-state index contributed by atoms with van der Waals surface area (Å²) in [5, 5.41) is 1.64. The monoisotopic (exact) mass is 376 g/mol. The summed E-state index contributed by atoms with van der Waals surface area (Å²) in [6.45, 7) is 5.57. The van der Waals surface area contributed by atoms with Crippen LogP contribution in [0, 0.1) is 0 Å². The Morgan fingerprint density at radius 3 is 2.78 bits per heavy atom. The molecule has 0 aliphatic heterocycles. The molecule has 1 aromatic carbocycles. The van der Waals surface area contributed by atoms with Crippen LogP contribution in [0.2, 0.25) is 0 Å². The smallest absolute Gasteiger partial charge is 0.326 e. The molecule has 0 fully saturated rings. The number of esters is 1. The summed E-state index contributed by atoms with van der Waals surface area (Å²) >= 11 is 3.54. The lowest BCUT2D eigenvalue weighted by atomic mass is 10.2. The van der Waals surface area contributed by atoms with Crippen molar-refractivity contribution >= 4 is 49.7 Å². The number of nitrogens with two attached hydrogens (primary N) is 1. The summed E-state index contributed by atoms with van der Waals surface area (Å²) < 4.78 is 8.09. The summed E-state index contributed by atoms with van der Waals surface area (Å²) in [6.07, 6.45) is 1.40. The molecule has 0 atom stereocenters. The van der Waals surface area contributed by atoms with E-state index in [4.69, 9.17) is 10.5 Å². The first-order valence-corrected chi connectivity index (χ1v) is 7.96. The van der Waals surface area contributed by atoms with E-state index in [1.165, 1.54) is 6.33 Å². The van der Waals surface area contributed by atoms with Crippen molar-refractivity contribution in [2.24, 2.45) is 0 Å². The molecule has 0 saturated heterocycles. The molecular formula is C16H17BrN4O2. The zero-order valence-electron chi connectivity index (χ0n) is 13.1. The highest BCUT2D eigenvalue weighted by atomic mass is 79.9. The van der Waals surface area contributed by atoms with Gasteiger partial charge in [0.2, 0.25) is 0 Å². The minimum absolute atomic E-state index is 0.0519. The van der Waals surface area contributed by atoms with Crippen LogP contribution in [0.4, 0.5) is 5.82 Å². The molecule has 0 saturated carbocycles. The van der Waals surface area contributed by atoms with Crippen LogP contribution in [0.25, 0.3) is 21.9 Å². The number of aromatic nitrogens is 3. The summed E-state index contributed by atoms with van der Waals surface area (Å²) in [7, 11) is 0. The Morgan fingerprint density at radius 1 is 1.35 bits per heavy atom. The minimum Gasteiger partial charge on any atom is -0.459 e. The summed E-state index contributed by atoms with van der Waals surface area (Å²) in [6, 6.07) is 5.76. The van der Waals surface area contributed by atoms with Gasteiger partial charge in [-0.15, -0.1) is 0 Å². The highest BCUT2D eigenvalue weighted by molar-refractivity contribution is 9.10. The quantitative estimate of drug-likeness (QED) is 0.693. The van der Waals surface area contributed by atoms with Gasteiger partial charge in [0, 0.05) is 9.86 Å². The number of fused-ring (bicyclic) bond motifs is 3. The fourth-order valence-electron chi connectivity index (χ4n) is 2.61. The summed E-state index contributed by atoms with van der Waals surface area (Å²) in [4.78, 5) is 20.7. The standard InChI is InChI=1S/C16H17BrN4O2/c1-16(2,3)23-11(22)7-21-13-9(5-4-6-10(13)17)12-14(18)19-8-20-15(12)21/h4-6,8H,7H2,1-3H3,(H2,18,19,20). The van der Waals surface area contributed by atoms with E-state index in [1.807, 2.05) is 39.0 Å². The van der Waals surface area contributed by atoms with Crippen LogP contribution >= 0.6 is 15.9 Å². The second-order valence-electron chi connectivity index (χ2n) is 6.27. The lowest BCUT2D eigenvalue weighted by molar-refractivity contribution is -0.155. The number of carbonyl (C=O) groups is 1. The Bertz CT molecular complexity index is 912. The van der Waals surface area contributed by atoms with E-state index in [0.29, 0.717) is 11.5 Å². The fourth-order valence-corrected chi connectivity index (χ4v) is 3.19. The zero-order valence-corrected chi connectivity index (χ0v) is 14.7. The summed E-state index contributed by atoms with van der Waals surface area (Å²) in [5.74, 6) is 0.0604. The van der Waals surface area contributed by atoms with Crippen molar-refractivity contribution in [3.8, 4) is 0 Å². The van der Waals surface area contributed by atoms with Gasteiger partial charge in [0.15, 0.2) is 0 Å². The van der Waals surface area contributed by atoms with E-state index in [1.54, 1.807) is 4.57 Å². The Labute approximate surface area is 141 Å². The third-order valence-electron chi connectivity index (χ3n) is 3.35. The van der Waals surface area contributed by atoms with Crippen molar-refractivity contribution in [2.75, 3.05) is 5.73 Å². The van der Waals surface area contributed by atoms with Crippen molar-refractivity contribution in [2.45, 2.75) is 32.9 Å². The Hall–Kier alpha value is -2.15. The maximum atomic E-state index is 12.3. The predicted molar refractivity (Wildman–Crippen MR) is 93.0 cm³/mol. The normalized spacial score (nSPS) is 12.0. The van der Waals surface area contributed by atoms with Crippen LogP contribution < -0.4 is 5.73 Å². The van der Waals surface area contributed by atoms with Gasteiger partial charge in [0.25, 0.3) is 0 Å². The number of carbonyl (C=O) groups excluding carboxylic acids is 1. The number of para-hydroxylation sites is 1. The third kappa shape index (κ3) is 2.88. The molecule has 3 rings (SSSR count). The van der Waals surface area contributed by atoms with Gasteiger partial charge in [-0.1, -0.05) is 12.1 Å². The van der Waals surface area contributed by atoms with Gasteiger partial charge in [-0.2, -0.15) is 0 Å².